The molecule has 0 saturated carbocycles. The second-order valence-electron chi connectivity index (χ2n) is 4.70. The molecule has 4 heteroatoms. The van der Waals surface area contributed by atoms with Gasteiger partial charge in [-0.05, 0) is 65.9 Å². The first-order valence-corrected chi connectivity index (χ1v) is 6.77. The van der Waals surface area contributed by atoms with Gasteiger partial charge in [0.2, 0.25) is 0 Å². The molecule has 1 aromatic carbocycles. The number of H-pyrrole nitrogens is 1. The van der Waals surface area contributed by atoms with E-state index in [4.69, 9.17) is 5.73 Å². The van der Waals surface area contributed by atoms with E-state index < -0.39 is 0 Å². The van der Waals surface area contributed by atoms with Crippen molar-refractivity contribution >= 4 is 15.9 Å². The number of hydrogen-bond donors (Lipinski definition) is 2. The van der Waals surface area contributed by atoms with Crippen molar-refractivity contribution in [3.8, 4) is 11.3 Å². The third-order valence-corrected chi connectivity index (χ3v) is 4.44. The van der Waals surface area contributed by atoms with Gasteiger partial charge in [-0.1, -0.05) is 6.07 Å². The molecule has 0 aliphatic rings. The first-order chi connectivity index (χ1) is 8.47. The average molecular weight is 308 g/mol. The molecule has 0 amide bonds. The molecule has 0 fully saturated rings. The zero-order chi connectivity index (χ0) is 13.4. The molecule has 0 unspecified atom stereocenters. The van der Waals surface area contributed by atoms with E-state index >= 15 is 0 Å². The lowest BCUT2D eigenvalue weighted by Gasteiger charge is -2.14. The van der Waals surface area contributed by atoms with Crippen LogP contribution in [0.5, 0.6) is 0 Å². The second kappa shape index (κ2) is 4.86. The summed E-state index contributed by atoms with van der Waals surface area (Å²) in [6, 6.07) is 2.22. The smallest absolute Gasteiger partial charge is 0.107 e. The van der Waals surface area contributed by atoms with Crippen molar-refractivity contribution in [1.29, 1.82) is 0 Å². The van der Waals surface area contributed by atoms with Crippen molar-refractivity contribution in [3.05, 3.63) is 38.5 Å². The van der Waals surface area contributed by atoms with Crippen LogP contribution in [0, 0.1) is 27.7 Å². The van der Waals surface area contributed by atoms with Crippen molar-refractivity contribution in [2.24, 2.45) is 5.73 Å². The van der Waals surface area contributed by atoms with Crippen LogP contribution in [0.15, 0.2) is 10.5 Å². The van der Waals surface area contributed by atoms with E-state index in [1.54, 1.807) is 0 Å². The highest BCUT2D eigenvalue weighted by atomic mass is 79.9. The lowest BCUT2D eigenvalue weighted by atomic mass is 9.92. The average Bonchev–Trinajstić information content (AvgIpc) is 2.69. The summed E-state index contributed by atoms with van der Waals surface area (Å²) in [6.07, 6.45) is 0. The maximum atomic E-state index is 5.68. The van der Waals surface area contributed by atoms with Crippen LogP contribution >= 0.6 is 15.9 Å². The van der Waals surface area contributed by atoms with E-state index in [1.807, 2.05) is 0 Å². The first kappa shape index (κ1) is 13.3. The third-order valence-electron chi connectivity index (χ3n) is 3.58. The van der Waals surface area contributed by atoms with Crippen molar-refractivity contribution in [1.82, 2.24) is 10.2 Å². The van der Waals surface area contributed by atoms with Crippen LogP contribution in [0.4, 0.5) is 0 Å². The van der Waals surface area contributed by atoms with Gasteiger partial charge in [0.1, 0.15) is 5.69 Å². The SMILES string of the molecule is Cc1cc(C)c(C)c(-c2n[nH]c(CN)c2Br)c1C. The Bertz CT molecular complexity index is 573. The first-order valence-electron chi connectivity index (χ1n) is 5.98. The predicted octanol–water partition coefficient (Wildman–Crippen LogP) is 3.53. The minimum atomic E-state index is 0.455. The van der Waals surface area contributed by atoms with Crippen LogP contribution < -0.4 is 5.73 Å². The van der Waals surface area contributed by atoms with E-state index in [1.165, 1.54) is 27.8 Å². The van der Waals surface area contributed by atoms with Gasteiger partial charge < -0.3 is 5.73 Å². The Morgan fingerprint density at radius 1 is 1.17 bits per heavy atom. The van der Waals surface area contributed by atoms with Gasteiger partial charge in [-0.25, -0.2) is 0 Å². The maximum Gasteiger partial charge on any atom is 0.107 e. The fourth-order valence-corrected chi connectivity index (χ4v) is 2.77. The lowest BCUT2D eigenvalue weighted by Crippen LogP contribution is -1.97. The largest absolute Gasteiger partial charge is 0.325 e. The van der Waals surface area contributed by atoms with Crippen molar-refractivity contribution in [3.63, 3.8) is 0 Å². The molecule has 0 radical (unpaired) electrons. The minimum absolute atomic E-state index is 0.455. The summed E-state index contributed by atoms with van der Waals surface area (Å²) in [5, 5.41) is 7.40. The molecule has 0 aliphatic heterocycles. The zero-order valence-corrected chi connectivity index (χ0v) is 12.8. The Balaban J connectivity index is 2.74. The normalized spacial score (nSPS) is 11.0. The summed E-state index contributed by atoms with van der Waals surface area (Å²) in [5.74, 6) is 0. The Morgan fingerprint density at radius 3 is 2.17 bits per heavy atom. The fourth-order valence-electron chi connectivity index (χ4n) is 2.24. The number of nitrogens with one attached hydrogen (secondary N) is 1. The molecule has 1 aromatic heterocycles. The summed E-state index contributed by atoms with van der Waals surface area (Å²) < 4.78 is 0.973. The Morgan fingerprint density at radius 2 is 1.72 bits per heavy atom. The van der Waals surface area contributed by atoms with Crippen molar-refractivity contribution in [2.75, 3.05) is 0 Å². The molecular weight excluding hydrogens is 290 g/mol. The third kappa shape index (κ3) is 1.99. The molecule has 0 saturated heterocycles. The number of nitrogens with two attached hydrogens (primary N) is 1. The number of rotatable bonds is 2. The van der Waals surface area contributed by atoms with Gasteiger partial charge in [-0.3, -0.25) is 5.10 Å². The quantitative estimate of drug-likeness (QED) is 0.891. The number of aromatic amines is 1. The predicted molar refractivity (Wildman–Crippen MR) is 78.6 cm³/mol. The van der Waals surface area contributed by atoms with Crippen LogP contribution in [0.1, 0.15) is 27.9 Å². The maximum absolute atomic E-state index is 5.68. The number of hydrogen-bond acceptors (Lipinski definition) is 2. The van der Waals surface area contributed by atoms with Crippen LogP contribution in [-0.4, -0.2) is 10.2 Å². The van der Waals surface area contributed by atoms with E-state index in [9.17, 15) is 0 Å². The van der Waals surface area contributed by atoms with E-state index in [0.717, 1.165) is 15.9 Å². The monoisotopic (exact) mass is 307 g/mol. The summed E-state index contributed by atoms with van der Waals surface area (Å²) >= 11 is 3.59. The summed E-state index contributed by atoms with van der Waals surface area (Å²) in [5.41, 5.74) is 13.9. The molecule has 0 atom stereocenters. The Kier molecular flexibility index (Phi) is 3.59. The topological polar surface area (TPSA) is 54.7 Å². The zero-order valence-electron chi connectivity index (χ0n) is 11.2. The van der Waals surface area contributed by atoms with Crippen molar-refractivity contribution < 1.29 is 0 Å². The van der Waals surface area contributed by atoms with E-state index in [-0.39, 0.29) is 0 Å². The molecule has 2 rings (SSSR count). The van der Waals surface area contributed by atoms with Crippen LogP contribution in [0.2, 0.25) is 0 Å². The number of nitrogens with zero attached hydrogens (tertiary/aromatic N) is 1. The fraction of sp³-hybridized carbons (Fsp3) is 0.357. The number of aryl methyl sites for hydroxylation is 2. The molecule has 2 aromatic rings. The van der Waals surface area contributed by atoms with Gasteiger partial charge in [-0.15, -0.1) is 0 Å². The number of aromatic nitrogens is 2. The van der Waals surface area contributed by atoms with E-state index in [2.05, 4.69) is 59.9 Å². The molecule has 0 spiro atoms. The van der Waals surface area contributed by atoms with Gasteiger partial charge in [0, 0.05) is 12.1 Å². The van der Waals surface area contributed by atoms with Gasteiger partial charge >= 0.3 is 0 Å². The van der Waals surface area contributed by atoms with Crippen LogP contribution in [0.3, 0.4) is 0 Å². The van der Waals surface area contributed by atoms with Crippen molar-refractivity contribution in [2.45, 2.75) is 34.2 Å². The highest BCUT2D eigenvalue weighted by molar-refractivity contribution is 9.10. The second-order valence-corrected chi connectivity index (χ2v) is 5.50. The molecule has 96 valence electrons. The van der Waals surface area contributed by atoms with Crippen LogP contribution in [0.25, 0.3) is 11.3 Å². The molecular formula is C14H18BrN3. The number of benzene rings is 1. The van der Waals surface area contributed by atoms with Gasteiger partial charge in [0.15, 0.2) is 0 Å². The molecule has 18 heavy (non-hydrogen) atoms. The molecule has 0 bridgehead atoms. The summed E-state index contributed by atoms with van der Waals surface area (Å²) in [6.45, 7) is 9.00. The summed E-state index contributed by atoms with van der Waals surface area (Å²) in [4.78, 5) is 0. The van der Waals surface area contributed by atoms with Gasteiger partial charge in [0.25, 0.3) is 0 Å². The van der Waals surface area contributed by atoms with Gasteiger partial charge in [0.05, 0.1) is 10.2 Å². The highest BCUT2D eigenvalue weighted by Crippen LogP contribution is 2.35. The molecule has 1 heterocycles. The molecule has 3 N–H and O–H groups in total. The molecule has 0 aliphatic carbocycles. The van der Waals surface area contributed by atoms with E-state index in [0.29, 0.717) is 6.54 Å². The molecule has 3 nitrogen and oxygen atoms in total. The summed E-state index contributed by atoms with van der Waals surface area (Å²) in [7, 11) is 0. The lowest BCUT2D eigenvalue weighted by molar-refractivity contribution is 0.944. The Hall–Kier alpha value is -1.13. The Labute approximate surface area is 116 Å². The van der Waals surface area contributed by atoms with Crippen LogP contribution in [-0.2, 0) is 6.54 Å². The standard InChI is InChI=1S/C14H18BrN3/c1-7-5-8(2)10(4)12(9(7)3)14-13(15)11(6-16)17-18-14/h5H,6,16H2,1-4H3,(H,17,18). The van der Waals surface area contributed by atoms with Gasteiger partial charge in [-0.2, -0.15) is 5.10 Å². The minimum Gasteiger partial charge on any atom is -0.325 e. The highest BCUT2D eigenvalue weighted by Gasteiger charge is 2.17. The number of halogens is 1.